The maximum atomic E-state index is 6.16. The summed E-state index contributed by atoms with van der Waals surface area (Å²) in [4.78, 5) is 0. The number of benzene rings is 2. The molecule has 1 aliphatic heterocycles. The van der Waals surface area contributed by atoms with Crippen LogP contribution in [0.1, 0.15) is 80.4 Å². The Kier molecular flexibility index (Phi) is 7.71. The molecule has 34 heavy (non-hydrogen) atoms. The fourth-order valence-corrected chi connectivity index (χ4v) is 6.52. The smallest absolute Gasteiger partial charge is 0.0483 e. The van der Waals surface area contributed by atoms with Crippen LogP contribution in [0.3, 0.4) is 0 Å². The molecular weight excluding hydrogens is 414 g/mol. The summed E-state index contributed by atoms with van der Waals surface area (Å²) in [5.41, 5.74) is 11.9. The quantitative estimate of drug-likeness (QED) is 0.392. The van der Waals surface area contributed by atoms with Gasteiger partial charge in [0.15, 0.2) is 0 Å². The second-order valence-corrected chi connectivity index (χ2v) is 11.1. The zero-order valence-corrected chi connectivity index (χ0v) is 21.0. The van der Waals surface area contributed by atoms with E-state index in [1.807, 2.05) is 0 Å². The first kappa shape index (κ1) is 23.6. The van der Waals surface area contributed by atoms with Gasteiger partial charge in [-0.1, -0.05) is 60.9 Å². The van der Waals surface area contributed by atoms with Crippen LogP contribution in [0, 0.1) is 18.8 Å². The average Bonchev–Trinajstić information content (AvgIpc) is 3.22. The number of piperidine rings is 1. The summed E-state index contributed by atoms with van der Waals surface area (Å²) in [7, 11) is 0. The van der Waals surface area contributed by atoms with Crippen LogP contribution in [0.2, 0.25) is 0 Å². The lowest BCUT2D eigenvalue weighted by Gasteiger charge is -2.26. The molecule has 1 atom stereocenters. The second-order valence-electron chi connectivity index (χ2n) is 11.1. The highest BCUT2D eigenvalue weighted by atomic mass is 15.0. The van der Waals surface area contributed by atoms with Gasteiger partial charge in [0.25, 0.3) is 0 Å². The number of fused-ring (bicyclic) bond motifs is 1. The van der Waals surface area contributed by atoms with Gasteiger partial charge in [-0.05, 0) is 94.0 Å². The first-order chi connectivity index (χ1) is 16.7. The Morgan fingerprint density at radius 1 is 0.941 bits per heavy atom. The molecule has 2 aromatic carbocycles. The molecule has 3 N–H and O–H groups in total. The van der Waals surface area contributed by atoms with E-state index in [9.17, 15) is 0 Å². The number of hydrogen-bond donors (Lipinski definition) is 2. The summed E-state index contributed by atoms with van der Waals surface area (Å²) >= 11 is 0. The molecule has 3 nitrogen and oxygen atoms in total. The van der Waals surface area contributed by atoms with Gasteiger partial charge in [-0.15, -0.1) is 0 Å². The van der Waals surface area contributed by atoms with Crippen LogP contribution in [0.15, 0.2) is 54.7 Å². The molecule has 1 saturated carbocycles. The summed E-state index contributed by atoms with van der Waals surface area (Å²) in [6.45, 7) is 5.70. The number of para-hydroxylation sites is 1. The molecule has 5 rings (SSSR count). The monoisotopic (exact) mass is 457 g/mol. The third kappa shape index (κ3) is 5.58. The van der Waals surface area contributed by atoms with Crippen LogP contribution in [0.5, 0.6) is 0 Å². The fraction of sp³-hybridized carbons (Fsp3) is 0.548. The molecule has 1 saturated heterocycles. The number of nitrogens with two attached hydrogens (primary N) is 1. The first-order valence-corrected chi connectivity index (χ1v) is 13.8. The molecule has 0 spiro atoms. The van der Waals surface area contributed by atoms with Crippen LogP contribution >= 0.6 is 0 Å². The molecule has 3 heteroatoms. The topological polar surface area (TPSA) is 43.0 Å². The van der Waals surface area contributed by atoms with Crippen LogP contribution < -0.4 is 11.1 Å². The average molecular weight is 458 g/mol. The van der Waals surface area contributed by atoms with Gasteiger partial charge >= 0.3 is 0 Å². The normalized spacial score (nSPS) is 22.8. The molecule has 182 valence electrons. The Hall–Kier alpha value is -2.10. The third-order valence-electron chi connectivity index (χ3n) is 8.55. The summed E-state index contributed by atoms with van der Waals surface area (Å²) in [6.07, 6.45) is 14.0. The van der Waals surface area contributed by atoms with Gasteiger partial charge in [0.2, 0.25) is 0 Å². The highest BCUT2D eigenvalue weighted by Crippen LogP contribution is 2.38. The zero-order valence-electron chi connectivity index (χ0n) is 21.0. The Morgan fingerprint density at radius 2 is 1.74 bits per heavy atom. The maximum absolute atomic E-state index is 6.16. The molecule has 2 aliphatic rings. The standard InChI is InChI=1S/C31H43N3/c1-23-6-4-8-26(20-23)28(10-5-7-24-12-14-27(32)15-13-24)30-22-34(21-25-16-18-33-19-17-25)31-11-3-2-9-29(30)31/h2-4,6,8-9,11,20,22,24-25,27-28,33H,5,7,10,12-19,21,32H2,1H3. The number of rotatable bonds is 8. The van der Waals surface area contributed by atoms with Gasteiger partial charge in [-0.2, -0.15) is 0 Å². The van der Waals surface area contributed by atoms with Crippen molar-refractivity contribution in [3.63, 3.8) is 0 Å². The van der Waals surface area contributed by atoms with E-state index in [2.05, 4.69) is 71.5 Å². The van der Waals surface area contributed by atoms with Crippen molar-refractivity contribution in [2.45, 2.75) is 83.2 Å². The fourth-order valence-electron chi connectivity index (χ4n) is 6.52. The minimum absolute atomic E-state index is 0.447. The Morgan fingerprint density at radius 3 is 2.53 bits per heavy atom. The summed E-state index contributed by atoms with van der Waals surface area (Å²) < 4.78 is 2.58. The summed E-state index contributed by atoms with van der Waals surface area (Å²) in [6, 6.07) is 18.8. The van der Waals surface area contributed by atoms with E-state index < -0.39 is 0 Å². The zero-order chi connectivity index (χ0) is 23.3. The number of aromatic nitrogens is 1. The Balaban J connectivity index is 1.41. The number of nitrogens with zero attached hydrogens (tertiary/aromatic N) is 1. The molecule has 1 unspecified atom stereocenters. The lowest BCUT2D eigenvalue weighted by Crippen LogP contribution is -2.29. The van der Waals surface area contributed by atoms with E-state index in [4.69, 9.17) is 5.73 Å². The van der Waals surface area contributed by atoms with Crippen molar-refractivity contribution >= 4 is 10.9 Å². The SMILES string of the molecule is Cc1cccc(C(CCCC2CCC(N)CC2)c2cn(CC3CCNCC3)c3ccccc23)c1. The van der Waals surface area contributed by atoms with Crippen LogP contribution in [0.25, 0.3) is 10.9 Å². The molecule has 1 aliphatic carbocycles. The maximum Gasteiger partial charge on any atom is 0.0483 e. The van der Waals surface area contributed by atoms with E-state index in [1.54, 1.807) is 0 Å². The molecule has 0 bridgehead atoms. The van der Waals surface area contributed by atoms with Crippen LogP contribution in [-0.2, 0) is 6.54 Å². The molecule has 2 heterocycles. The third-order valence-corrected chi connectivity index (χ3v) is 8.55. The number of hydrogen-bond acceptors (Lipinski definition) is 2. The van der Waals surface area contributed by atoms with Gasteiger partial charge in [-0.25, -0.2) is 0 Å². The highest BCUT2D eigenvalue weighted by molar-refractivity contribution is 5.85. The van der Waals surface area contributed by atoms with Gasteiger partial charge < -0.3 is 15.6 Å². The van der Waals surface area contributed by atoms with Crippen molar-refractivity contribution in [2.24, 2.45) is 17.6 Å². The number of aryl methyl sites for hydroxylation is 1. The first-order valence-electron chi connectivity index (χ1n) is 13.8. The highest BCUT2D eigenvalue weighted by Gasteiger charge is 2.23. The van der Waals surface area contributed by atoms with Crippen LogP contribution in [0.4, 0.5) is 0 Å². The van der Waals surface area contributed by atoms with Gasteiger partial charge in [-0.3, -0.25) is 0 Å². The lowest BCUT2D eigenvalue weighted by atomic mass is 9.81. The van der Waals surface area contributed by atoms with Crippen molar-refractivity contribution in [2.75, 3.05) is 13.1 Å². The molecule has 0 radical (unpaired) electrons. The second kappa shape index (κ2) is 11.1. The Labute approximate surface area is 206 Å². The van der Waals surface area contributed by atoms with E-state index in [1.165, 1.54) is 85.4 Å². The minimum atomic E-state index is 0.447. The molecule has 3 aromatic rings. The molecule has 0 amide bonds. The van der Waals surface area contributed by atoms with Crippen molar-refractivity contribution in [3.8, 4) is 0 Å². The van der Waals surface area contributed by atoms with Gasteiger partial charge in [0.1, 0.15) is 0 Å². The molecule has 2 fully saturated rings. The van der Waals surface area contributed by atoms with Crippen molar-refractivity contribution in [3.05, 3.63) is 71.4 Å². The Bertz CT molecular complexity index is 1050. The predicted molar refractivity (Wildman–Crippen MR) is 144 cm³/mol. The van der Waals surface area contributed by atoms with Crippen molar-refractivity contribution < 1.29 is 0 Å². The summed E-state index contributed by atoms with van der Waals surface area (Å²) in [5.74, 6) is 2.11. The lowest BCUT2D eigenvalue weighted by molar-refractivity contribution is 0.302. The van der Waals surface area contributed by atoms with Crippen molar-refractivity contribution in [1.29, 1.82) is 0 Å². The van der Waals surface area contributed by atoms with E-state index >= 15 is 0 Å². The van der Waals surface area contributed by atoms with E-state index in [0.717, 1.165) is 31.5 Å². The summed E-state index contributed by atoms with van der Waals surface area (Å²) in [5, 5.41) is 4.97. The van der Waals surface area contributed by atoms with E-state index in [0.29, 0.717) is 12.0 Å². The van der Waals surface area contributed by atoms with E-state index in [-0.39, 0.29) is 0 Å². The van der Waals surface area contributed by atoms with Gasteiger partial charge in [0, 0.05) is 35.6 Å². The molecular formula is C31H43N3. The molecule has 1 aromatic heterocycles. The predicted octanol–water partition coefficient (Wildman–Crippen LogP) is 6.77. The van der Waals surface area contributed by atoms with Crippen molar-refractivity contribution in [1.82, 2.24) is 9.88 Å². The number of nitrogens with one attached hydrogen (secondary N) is 1. The van der Waals surface area contributed by atoms with Crippen LogP contribution in [-0.4, -0.2) is 23.7 Å². The largest absolute Gasteiger partial charge is 0.347 e. The minimum Gasteiger partial charge on any atom is -0.347 e. The van der Waals surface area contributed by atoms with Gasteiger partial charge in [0.05, 0.1) is 0 Å².